The second-order valence-corrected chi connectivity index (χ2v) is 9.60. The van der Waals surface area contributed by atoms with Crippen molar-refractivity contribution in [2.24, 2.45) is 0 Å². The van der Waals surface area contributed by atoms with Crippen LogP contribution in [0, 0.1) is 0 Å². The highest BCUT2D eigenvalue weighted by Gasteiger charge is 2.32. The van der Waals surface area contributed by atoms with E-state index >= 15 is 0 Å². The fourth-order valence-electron chi connectivity index (χ4n) is 3.57. The zero-order valence-electron chi connectivity index (χ0n) is 15.4. The fourth-order valence-corrected chi connectivity index (χ4v) is 5.94. The molecule has 1 unspecified atom stereocenters. The average molecular weight is 436 g/mol. The van der Waals surface area contributed by atoms with Crippen LogP contribution in [-0.4, -0.2) is 60.2 Å². The summed E-state index contributed by atoms with van der Waals surface area (Å²) in [6, 6.07) is 11.4. The summed E-state index contributed by atoms with van der Waals surface area (Å²) in [6.07, 6.45) is 0.960. The summed E-state index contributed by atoms with van der Waals surface area (Å²) in [5, 5.41) is 3.21. The van der Waals surface area contributed by atoms with Crippen LogP contribution < -0.4 is 4.90 Å². The van der Waals surface area contributed by atoms with Gasteiger partial charge >= 0.3 is 6.03 Å². The van der Waals surface area contributed by atoms with Gasteiger partial charge < -0.3 is 9.80 Å². The predicted octanol–water partition coefficient (Wildman–Crippen LogP) is 4.35. The molecule has 1 atom stereocenters. The van der Waals surface area contributed by atoms with E-state index in [1.165, 1.54) is 4.88 Å². The molecule has 2 aromatic rings. The molecule has 0 spiro atoms. The molecular weight excluding hydrogens is 414 g/mol. The predicted molar refractivity (Wildman–Crippen MR) is 116 cm³/mol. The first-order valence-corrected chi connectivity index (χ1v) is 11.7. The van der Waals surface area contributed by atoms with Crippen molar-refractivity contribution in [1.29, 1.82) is 0 Å². The molecule has 4 rings (SSSR count). The number of rotatable bonds is 4. The first-order chi connectivity index (χ1) is 13.6. The summed E-state index contributed by atoms with van der Waals surface area (Å²) in [7, 11) is 0. The van der Waals surface area contributed by atoms with Crippen LogP contribution in [0.4, 0.5) is 10.5 Å². The van der Waals surface area contributed by atoms with Crippen molar-refractivity contribution in [1.82, 2.24) is 9.80 Å². The Balaban J connectivity index is 1.33. The molecule has 2 aliphatic heterocycles. The van der Waals surface area contributed by atoms with Crippen molar-refractivity contribution < 1.29 is 9.59 Å². The molecule has 1 aromatic heterocycles. The first kappa shape index (κ1) is 19.6. The lowest BCUT2D eigenvalue weighted by atomic mass is 10.2. The highest BCUT2D eigenvalue weighted by atomic mass is 35.5. The molecular formula is C20H22ClN3O2S2. The monoisotopic (exact) mass is 435 g/mol. The van der Waals surface area contributed by atoms with Crippen molar-refractivity contribution in [3.8, 4) is 0 Å². The molecule has 0 saturated carbocycles. The average Bonchev–Trinajstić information content (AvgIpc) is 3.27. The number of anilines is 1. The van der Waals surface area contributed by atoms with Gasteiger partial charge in [0.15, 0.2) is 0 Å². The van der Waals surface area contributed by atoms with Crippen molar-refractivity contribution in [2.75, 3.05) is 43.4 Å². The molecule has 28 heavy (non-hydrogen) atoms. The van der Waals surface area contributed by atoms with Gasteiger partial charge in [-0.2, -0.15) is 11.8 Å². The summed E-state index contributed by atoms with van der Waals surface area (Å²) in [6.45, 7) is 2.79. The van der Waals surface area contributed by atoms with E-state index in [2.05, 4.69) is 17.5 Å². The molecule has 2 fully saturated rings. The standard InChI is InChI=1S/C20H22ClN3O2S2/c21-15-3-5-16(6-4-15)24-10-9-23(20(24)26)14-19(25)22-8-7-18(28-13-11-22)17-2-1-12-27-17/h1-6,12,18H,7-11,13-14H2. The lowest BCUT2D eigenvalue weighted by Crippen LogP contribution is -2.43. The number of thiophene rings is 1. The van der Waals surface area contributed by atoms with Crippen LogP contribution in [0.5, 0.6) is 0 Å². The number of thioether (sulfide) groups is 1. The van der Waals surface area contributed by atoms with Gasteiger partial charge in [0.05, 0.1) is 0 Å². The Hall–Kier alpha value is -1.70. The number of nitrogens with zero attached hydrogens (tertiary/aromatic N) is 3. The number of carbonyl (C=O) groups is 2. The van der Waals surface area contributed by atoms with Gasteiger partial charge in [0.1, 0.15) is 6.54 Å². The molecule has 0 radical (unpaired) electrons. The third kappa shape index (κ3) is 4.31. The van der Waals surface area contributed by atoms with E-state index in [0.717, 1.165) is 31.0 Å². The quantitative estimate of drug-likeness (QED) is 0.717. The minimum Gasteiger partial charge on any atom is -0.340 e. The molecule has 3 heterocycles. The smallest absolute Gasteiger partial charge is 0.325 e. The number of hydrogen-bond donors (Lipinski definition) is 0. The second kappa shape index (κ2) is 8.76. The second-order valence-electron chi connectivity index (χ2n) is 6.88. The largest absolute Gasteiger partial charge is 0.340 e. The Labute approximate surface area is 178 Å². The summed E-state index contributed by atoms with van der Waals surface area (Å²) in [5.41, 5.74) is 0.814. The van der Waals surface area contributed by atoms with E-state index in [-0.39, 0.29) is 18.5 Å². The lowest BCUT2D eigenvalue weighted by molar-refractivity contribution is -0.131. The molecule has 0 bridgehead atoms. The number of carbonyl (C=O) groups excluding carboxylic acids is 2. The maximum Gasteiger partial charge on any atom is 0.325 e. The molecule has 0 aliphatic carbocycles. The molecule has 3 amide bonds. The van der Waals surface area contributed by atoms with Crippen LogP contribution in [0.3, 0.4) is 0 Å². The van der Waals surface area contributed by atoms with Crippen molar-refractivity contribution >= 4 is 52.3 Å². The van der Waals surface area contributed by atoms with Gasteiger partial charge in [-0.25, -0.2) is 4.79 Å². The highest BCUT2D eigenvalue weighted by molar-refractivity contribution is 7.99. The van der Waals surface area contributed by atoms with Crippen molar-refractivity contribution in [2.45, 2.75) is 11.7 Å². The van der Waals surface area contributed by atoms with Crippen molar-refractivity contribution in [3.63, 3.8) is 0 Å². The van der Waals surface area contributed by atoms with Gasteiger partial charge in [-0.05, 0) is 42.1 Å². The molecule has 8 heteroatoms. The van der Waals surface area contributed by atoms with Crippen LogP contribution in [0.15, 0.2) is 41.8 Å². The fraction of sp³-hybridized carbons (Fsp3) is 0.400. The minimum atomic E-state index is -0.115. The number of amides is 3. The topological polar surface area (TPSA) is 43.9 Å². The van der Waals surface area contributed by atoms with E-state index < -0.39 is 0 Å². The zero-order valence-corrected chi connectivity index (χ0v) is 17.8. The lowest BCUT2D eigenvalue weighted by Gasteiger charge is -2.24. The Bertz CT molecular complexity index is 828. The highest BCUT2D eigenvalue weighted by Crippen LogP contribution is 2.36. The molecule has 1 aromatic carbocycles. The maximum absolute atomic E-state index is 12.8. The number of benzene rings is 1. The van der Waals surface area contributed by atoms with Crippen LogP contribution in [-0.2, 0) is 4.79 Å². The van der Waals surface area contributed by atoms with Gasteiger partial charge in [0.2, 0.25) is 5.91 Å². The third-order valence-corrected chi connectivity index (χ3v) is 7.81. The van der Waals surface area contributed by atoms with E-state index in [1.54, 1.807) is 33.3 Å². The number of hydrogen-bond acceptors (Lipinski definition) is 4. The minimum absolute atomic E-state index is 0.0405. The molecule has 2 aliphatic rings. The Morgan fingerprint density at radius 3 is 2.68 bits per heavy atom. The summed E-state index contributed by atoms with van der Waals surface area (Å²) >= 11 is 9.63. The molecule has 2 saturated heterocycles. The third-order valence-electron chi connectivity index (χ3n) is 5.11. The van der Waals surface area contributed by atoms with E-state index in [1.807, 2.05) is 28.8 Å². The van der Waals surface area contributed by atoms with Gasteiger partial charge in [-0.3, -0.25) is 9.69 Å². The van der Waals surface area contributed by atoms with E-state index in [0.29, 0.717) is 23.4 Å². The van der Waals surface area contributed by atoms with Gasteiger partial charge in [-0.1, -0.05) is 17.7 Å². The van der Waals surface area contributed by atoms with Crippen LogP contribution in [0.1, 0.15) is 16.5 Å². The van der Waals surface area contributed by atoms with Crippen LogP contribution in [0.25, 0.3) is 0 Å². The van der Waals surface area contributed by atoms with Crippen LogP contribution >= 0.6 is 34.7 Å². The summed E-state index contributed by atoms with van der Waals surface area (Å²) in [5.74, 6) is 0.970. The zero-order chi connectivity index (χ0) is 19.5. The number of urea groups is 1. The SMILES string of the molecule is O=C(CN1CCN(c2ccc(Cl)cc2)C1=O)N1CCSC(c2cccs2)CC1. The summed E-state index contributed by atoms with van der Waals surface area (Å²) < 4.78 is 0. The van der Waals surface area contributed by atoms with E-state index in [4.69, 9.17) is 11.6 Å². The van der Waals surface area contributed by atoms with E-state index in [9.17, 15) is 9.59 Å². The molecule has 148 valence electrons. The normalized spacial score (nSPS) is 20.5. The molecule has 5 nitrogen and oxygen atoms in total. The summed E-state index contributed by atoms with van der Waals surface area (Å²) in [4.78, 5) is 32.2. The Kier molecular flexibility index (Phi) is 6.13. The van der Waals surface area contributed by atoms with Gasteiger partial charge in [-0.15, -0.1) is 11.3 Å². The number of halogens is 1. The first-order valence-electron chi connectivity index (χ1n) is 9.36. The maximum atomic E-state index is 12.8. The van der Waals surface area contributed by atoms with Crippen LogP contribution in [0.2, 0.25) is 5.02 Å². The van der Waals surface area contributed by atoms with Gasteiger partial charge in [0, 0.05) is 52.8 Å². The Morgan fingerprint density at radius 2 is 1.93 bits per heavy atom. The Morgan fingerprint density at radius 1 is 1.11 bits per heavy atom. The molecule has 0 N–H and O–H groups in total. The van der Waals surface area contributed by atoms with Gasteiger partial charge in [0.25, 0.3) is 0 Å². The van der Waals surface area contributed by atoms with Crippen molar-refractivity contribution in [3.05, 3.63) is 51.7 Å².